The molecule has 0 spiro atoms. The SMILES string of the molecule is CC(=O)O.N=C(N)N.OP. The maximum atomic E-state index is 9.00. The first-order chi connectivity index (χ1) is 4.46. The van der Waals surface area contributed by atoms with Crippen molar-refractivity contribution in [2.45, 2.75) is 6.92 Å². The summed E-state index contributed by atoms with van der Waals surface area (Å²) in [7, 11) is 1.42. The van der Waals surface area contributed by atoms with Crippen LogP contribution in [-0.2, 0) is 4.79 Å². The van der Waals surface area contributed by atoms with Crippen molar-refractivity contribution in [3.63, 3.8) is 0 Å². The molecule has 0 aromatic carbocycles. The second kappa shape index (κ2) is 15.7. The Hall–Kier alpha value is -0.870. The molecule has 0 bridgehead atoms. The third-order valence-electron chi connectivity index (χ3n) is 0. The van der Waals surface area contributed by atoms with Crippen LogP contribution in [0.15, 0.2) is 0 Å². The lowest BCUT2D eigenvalue weighted by Gasteiger charge is -1.69. The van der Waals surface area contributed by atoms with E-state index in [1.54, 1.807) is 0 Å². The van der Waals surface area contributed by atoms with Crippen LogP contribution in [-0.4, -0.2) is 21.9 Å². The van der Waals surface area contributed by atoms with E-state index in [2.05, 4.69) is 11.5 Å². The molecule has 10 heavy (non-hydrogen) atoms. The summed E-state index contributed by atoms with van der Waals surface area (Å²) in [6, 6.07) is 0. The Bertz CT molecular complexity index is 77.0. The minimum absolute atomic E-state index is 0.333. The molecule has 0 rings (SSSR count). The molecule has 0 aliphatic heterocycles. The van der Waals surface area contributed by atoms with Gasteiger partial charge in [-0.1, -0.05) is 0 Å². The highest BCUT2D eigenvalue weighted by molar-refractivity contribution is 7.08. The van der Waals surface area contributed by atoms with Gasteiger partial charge in [0.15, 0.2) is 5.96 Å². The predicted molar refractivity (Wildman–Crippen MR) is 41.3 cm³/mol. The third-order valence-corrected chi connectivity index (χ3v) is 0. The summed E-state index contributed by atoms with van der Waals surface area (Å²) in [6.45, 7) is 1.08. The van der Waals surface area contributed by atoms with Gasteiger partial charge in [0, 0.05) is 6.92 Å². The number of carboxylic acid groups (broad SMARTS) is 1. The van der Waals surface area contributed by atoms with Gasteiger partial charge in [0.2, 0.25) is 0 Å². The normalized spacial score (nSPS) is 5.50. The lowest BCUT2D eigenvalue weighted by Crippen LogP contribution is -2.20. The monoisotopic (exact) mass is 169 g/mol. The Morgan fingerprint density at radius 2 is 1.50 bits per heavy atom. The molecule has 0 amide bonds. The van der Waals surface area contributed by atoms with Crippen LogP contribution in [0.5, 0.6) is 0 Å². The van der Waals surface area contributed by atoms with Crippen molar-refractivity contribution in [2.75, 3.05) is 0 Å². The van der Waals surface area contributed by atoms with Crippen LogP contribution in [0.25, 0.3) is 0 Å². The number of carbonyl (C=O) groups is 1. The number of rotatable bonds is 0. The van der Waals surface area contributed by atoms with E-state index in [4.69, 9.17) is 20.2 Å². The highest BCUT2D eigenvalue weighted by Crippen LogP contribution is 1.44. The summed E-state index contributed by atoms with van der Waals surface area (Å²) in [5.41, 5.74) is 8.94. The minimum Gasteiger partial charge on any atom is -0.481 e. The summed E-state index contributed by atoms with van der Waals surface area (Å²) >= 11 is 0. The molecule has 1 atom stereocenters. The fraction of sp³-hybridized carbons (Fsp3) is 0.333. The molecule has 1 unspecified atom stereocenters. The average molecular weight is 169 g/mol. The molecule has 0 saturated heterocycles. The molecule has 0 fully saturated rings. The van der Waals surface area contributed by atoms with Gasteiger partial charge in [0.1, 0.15) is 0 Å². The lowest BCUT2D eigenvalue weighted by atomic mass is 10.9. The Balaban J connectivity index is -0.0000000787. The molecule has 62 valence electrons. The van der Waals surface area contributed by atoms with Gasteiger partial charge in [0.25, 0.3) is 5.97 Å². The van der Waals surface area contributed by atoms with Crippen LogP contribution in [0.1, 0.15) is 6.92 Å². The molecule has 0 saturated carbocycles. The Morgan fingerprint density at radius 1 is 1.50 bits per heavy atom. The molecular weight excluding hydrogens is 157 g/mol. The van der Waals surface area contributed by atoms with E-state index < -0.39 is 5.97 Å². The number of aliphatic carboxylic acids is 1. The first-order valence-electron chi connectivity index (χ1n) is 2.01. The van der Waals surface area contributed by atoms with Gasteiger partial charge in [0.05, 0.1) is 0 Å². The van der Waals surface area contributed by atoms with Crippen molar-refractivity contribution in [3.05, 3.63) is 0 Å². The zero-order chi connectivity index (χ0) is 9.15. The Morgan fingerprint density at radius 3 is 1.50 bits per heavy atom. The molecule has 7 N–H and O–H groups in total. The molecule has 0 aliphatic rings. The van der Waals surface area contributed by atoms with Crippen molar-refractivity contribution < 1.29 is 14.8 Å². The zero-order valence-corrected chi connectivity index (χ0v) is 6.69. The Kier molecular flexibility index (Phi) is 25.2. The Labute approximate surface area is 61.0 Å². The van der Waals surface area contributed by atoms with E-state index in [0.29, 0.717) is 0 Å². The first kappa shape index (κ1) is 16.1. The number of carboxylic acids is 1. The molecule has 0 aromatic rings. The summed E-state index contributed by atoms with van der Waals surface area (Å²) in [5.74, 6) is -1.17. The van der Waals surface area contributed by atoms with Gasteiger partial charge in [-0.25, -0.2) is 0 Å². The maximum Gasteiger partial charge on any atom is 0.300 e. The van der Waals surface area contributed by atoms with E-state index in [1.165, 1.54) is 9.47 Å². The molecule has 0 aromatic heterocycles. The zero-order valence-electron chi connectivity index (χ0n) is 5.53. The number of nitrogens with two attached hydrogens (primary N) is 2. The predicted octanol–water partition coefficient (Wildman–Crippen LogP) is -1.30. The molecule has 6 nitrogen and oxygen atoms in total. The van der Waals surface area contributed by atoms with Crippen molar-refractivity contribution >= 4 is 21.4 Å². The molecule has 0 aliphatic carbocycles. The molecule has 0 heterocycles. The van der Waals surface area contributed by atoms with Gasteiger partial charge in [-0.3, -0.25) is 10.2 Å². The topological polar surface area (TPSA) is 133 Å². The number of hydrogen-bond acceptors (Lipinski definition) is 3. The molecule has 7 heteroatoms. The van der Waals surface area contributed by atoms with Crippen LogP contribution >= 0.6 is 9.47 Å². The van der Waals surface area contributed by atoms with E-state index in [-0.39, 0.29) is 5.96 Å². The highest BCUT2D eigenvalue weighted by atomic mass is 31.0. The number of nitrogens with one attached hydrogen (secondary N) is 1. The van der Waals surface area contributed by atoms with Crippen LogP contribution in [0.4, 0.5) is 0 Å². The summed E-state index contributed by atoms with van der Waals surface area (Å²) in [5, 5.41) is 13.5. The van der Waals surface area contributed by atoms with Crippen molar-refractivity contribution in [3.8, 4) is 0 Å². The number of hydrogen-bond donors (Lipinski definition) is 5. The molecular formula is C3H12N3O3P. The van der Waals surface area contributed by atoms with Gasteiger partial charge in [-0.15, -0.1) is 0 Å². The summed E-state index contributed by atoms with van der Waals surface area (Å²) < 4.78 is 0. The fourth-order valence-electron chi connectivity index (χ4n) is 0. The van der Waals surface area contributed by atoms with Crippen molar-refractivity contribution in [1.29, 1.82) is 5.41 Å². The van der Waals surface area contributed by atoms with Crippen LogP contribution in [0.3, 0.4) is 0 Å². The summed E-state index contributed by atoms with van der Waals surface area (Å²) in [4.78, 5) is 15.9. The standard InChI is InChI=1S/C2H4O2.CH5N3.H3OP/c1-2(3)4;2-1(3)4;1-2/h1H3,(H,3,4);(H5,2,3,4);1H,2H2. The van der Waals surface area contributed by atoms with Gasteiger partial charge in [-0.05, 0) is 9.47 Å². The quantitative estimate of drug-likeness (QED) is 0.174. The smallest absolute Gasteiger partial charge is 0.300 e. The summed E-state index contributed by atoms with van der Waals surface area (Å²) in [6.07, 6.45) is 0. The van der Waals surface area contributed by atoms with Crippen molar-refractivity contribution in [2.24, 2.45) is 11.5 Å². The van der Waals surface area contributed by atoms with Crippen LogP contribution < -0.4 is 11.5 Å². The fourth-order valence-corrected chi connectivity index (χ4v) is 0. The van der Waals surface area contributed by atoms with Gasteiger partial charge < -0.3 is 21.5 Å². The van der Waals surface area contributed by atoms with Crippen molar-refractivity contribution in [1.82, 2.24) is 0 Å². The second-order valence-corrected chi connectivity index (χ2v) is 0.974. The van der Waals surface area contributed by atoms with Crippen LogP contribution in [0.2, 0.25) is 0 Å². The minimum atomic E-state index is -0.833. The average Bonchev–Trinajstić information content (AvgIpc) is 1.66. The maximum absolute atomic E-state index is 9.00. The van der Waals surface area contributed by atoms with E-state index in [1.807, 2.05) is 0 Å². The lowest BCUT2D eigenvalue weighted by molar-refractivity contribution is -0.134. The van der Waals surface area contributed by atoms with Crippen LogP contribution in [0, 0.1) is 5.41 Å². The van der Waals surface area contributed by atoms with E-state index in [0.717, 1.165) is 6.92 Å². The number of guanidine groups is 1. The van der Waals surface area contributed by atoms with E-state index >= 15 is 0 Å². The van der Waals surface area contributed by atoms with Gasteiger partial charge >= 0.3 is 0 Å². The van der Waals surface area contributed by atoms with Gasteiger partial charge in [-0.2, -0.15) is 0 Å². The first-order valence-corrected chi connectivity index (χ1v) is 2.53. The van der Waals surface area contributed by atoms with E-state index in [9.17, 15) is 0 Å². The largest absolute Gasteiger partial charge is 0.481 e. The second-order valence-electron chi connectivity index (χ2n) is 0.974. The molecule has 0 radical (unpaired) electrons. The highest BCUT2D eigenvalue weighted by Gasteiger charge is 1.65. The third kappa shape index (κ3) is 354.